The number of aryl methyl sites for hydroxylation is 1. The van der Waals surface area contributed by atoms with Crippen LogP contribution in [-0.2, 0) is 6.54 Å². The van der Waals surface area contributed by atoms with Crippen LogP contribution in [-0.4, -0.2) is 38.8 Å². The highest BCUT2D eigenvalue weighted by atomic mass is 19.1. The van der Waals surface area contributed by atoms with Gasteiger partial charge in [-0.25, -0.2) is 18.4 Å². The Morgan fingerprint density at radius 3 is 2.63 bits per heavy atom. The van der Waals surface area contributed by atoms with Crippen LogP contribution in [0, 0.1) is 12.7 Å². The second kappa shape index (κ2) is 7.86. The minimum absolute atomic E-state index is 0.107. The lowest BCUT2D eigenvalue weighted by Gasteiger charge is -2.11. The van der Waals surface area contributed by atoms with Crippen molar-refractivity contribution in [1.82, 2.24) is 24.5 Å². The lowest BCUT2D eigenvalue weighted by Crippen LogP contribution is -2.25. The van der Waals surface area contributed by atoms with E-state index >= 15 is 0 Å². The summed E-state index contributed by atoms with van der Waals surface area (Å²) in [6.45, 7) is 1.84. The third-order valence-electron chi connectivity index (χ3n) is 4.75. The highest BCUT2D eigenvalue weighted by Crippen LogP contribution is 2.29. The molecule has 2 heterocycles. The van der Waals surface area contributed by atoms with E-state index in [0.29, 0.717) is 28.6 Å². The Bertz CT molecular complexity index is 1240. The number of hydrogen-bond acceptors (Lipinski definition) is 5. The molecule has 2 aromatic carbocycles. The maximum Gasteiger partial charge on any atom is 0.351 e. The van der Waals surface area contributed by atoms with E-state index in [9.17, 15) is 9.18 Å². The molecule has 0 aliphatic carbocycles. The maximum absolute atomic E-state index is 13.8. The van der Waals surface area contributed by atoms with Gasteiger partial charge in [0.15, 0.2) is 0 Å². The van der Waals surface area contributed by atoms with E-state index in [1.165, 1.54) is 28.5 Å². The normalized spacial score (nSPS) is 10.9. The van der Waals surface area contributed by atoms with Gasteiger partial charge in [0.2, 0.25) is 0 Å². The van der Waals surface area contributed by atoms with Gasteiger partial charge in [-0.1, -0.05) is 6.07 Å². The zero-order valence-electron chi connectivity index (χ0n) is 16.7. The van der Waals surface area contributed by atoms with Crippen molar-refractivity contribution in [2.75, 3.05) is 14.2 Å². The molecular formula is C21H20FN5O3. The molecule has 0 saturated carbocycles. The molecule has 0 atom stereocenters. The standard InChI is InChI=1S/C21H20FN5O3/c1-13-25-26(12-14-6-17(22)9-18(7-14)29-2)21(28)27(13)19-5-4-15(8-20(19)30-3)16-10-23-24-11-16/h4-11H,12H2,1-3H3,(H,23,24). The van der Waals surface area contributed by atoms with E-state index in [-0.39, 0.29) is 12.2 Å². The second-order valence-corrected chi connectivity index (χ2v) is 6.70. The predicted molar refractivity (Wildman–Crippen MR) is 109 cm³/mol. The number of H-pyrrole nitrogens is 1. The molecule has 0 saturated heterocycles. The lowest BCUT2D eigenvalue weighted by molar-refractivity contribution is 0.410. The Morgan fingerprint density at radius 1 is 1.10 bits per heavy atom. The number of aromatic amines is 1. The summed E-state index contributed by atoms with van der Waals surface area (Å²) < 4.78 is 27.2. The zero-order valence-corrected chi connectivity index (χ0v) is 16.7. The third kappa shape index (κ3) is 3.57. The van der Waals surface area contributed by atoms with Crippen LogP contribution in [0.15, 0.2) is 53.6 Å². The highest BCUT2D eigenvalue weighted by Gasteiger charge is 2.17. The lowest BCUT2D eigenvalue weighted by atomic mass is 10.1. The topological polar surface area (TPSA) is 87.0 Å². The maximum atomic E-state index is 13.8. The molecule has 9 heteroatoms. The summed E-state index contributed by atoms with van der Waals surface area (Å²) in [4.78, 5) is 13.1. The van der Waals surface area contributed by atoms with Crippen LogP contribution < -0.4 is 15.2 Å². The highest BCUT2D eigenvalue weighted by molar-refractivity contribution is 5.67. The van der Waals surface area contributed by atoms with Crippen molar-refractivity contribution >= 4 is 0 Å². The molecule has 0 bridgehead atoms. The van der Waals surface area contributed by atoms with Gasteiger partial charge in [-0.15, -0.1) is 0 Å². The number of hydrogen-bond donors (Lipinski definition) is 1. The van der Waals surface area contributed by atoms with Gasteiger partial charge in [0.25, 0.3) is 0 Å². The smallest absolute Gasteiger partial charge is 0.351 e. The zero-order chi connectivity index (χ0) is 21.3. The van der Waals surface area contributed by atoms with Crippen molar-refractivity contribution in [2.45, 2.75) is 13.5 Å². The van der Waals surface area contributed by atoms with Gasteiger partial charge < -0.3 is 9.47 Å². The molecule has 1 N–H and O–H groups in total. The van der Waals surface area contributed by atoms with E-state index in [1.54, 1.807) is 38.6 Å². The summed E-state index contributed by atoms with van der Waals surface area (Å²) in [5.74, 6) is 0.944. The fraction of sp³-hybridized carbons (Fsp3) is 0.190. The summed E-state index contributed by atoms with van der Waals surface area (Å²) in [6, 6.07) is 9.81. The monoisotopic (exact) mass is 409 g/mol. The minimum atomic E-state index is -0.440. The Morgan fingerprint density at radius 2 is 1.93 bits per heavy atom. The predicted octanol–water partition coefficient (Wildman–Crippen LogP) is 2.94. The number of rotatable bonds is 6. The Labute approximate surface area is 171 Å². The molecule has 0 amide bonds. The fourth-order valence-corrected chi connectivity index (χ4v) is 3.35. The van der Waals surface area contributed by atoms with Crippen LogP contribution in [0.4, 0.5) is 4.39 Å². The van der Waals surface area contributed by atoms with E-state index in [0.717, 1.165) is 11.1 Å². The number of benzene rings is 2. The first-order valence-electron chi connectivity index (χ1n) is 9.17. The van der Waals surface area contributed by atoms with Gasteiger partial charge in [0.1, 0.15) is 23.1 Å². The molecule has 0 radical (unpaired) electrons. The molecule has 8 nitrogen and oxygen atoms in total. The minimum Gasteiger partial charge on any atom is -0.497 e. The van der Waals surface area contributed by atoms with E-state index < -0.39 is 5.82 Å². The fourth-order valence-electron chi connectivity index (χ4n) is 3.35. The van der Waals surface area contributed by atoms with Gasteiger partial charge in [0, 0.05) is 17.8 Å². The van der Waals surface area contributed by atoms with Gasteiger partial charge in [-0.2, -0.15) is 10.2 Å². The quantitative estimate of drug-likeness (QED) is 0.529. The molecule has 0 aliphatic rings. The number of halogens is 1. The van der Waals surface area contributed by atoms with E-state index in [1.807, 2.05) is 12.1 Å². The first kappa shape index (κ1) is 19.4. The first-order chi connectivity index (χ1) is 14.5. The van der Waals surface area contributed by atoms with Crippen molar-refractivity contribution < 1.29 is 13.9 Å². The largest absolute Gasteiger partial charge is 0.497 e. The molecule has 0 aliphatic heterocycles. The van der Waals surface area contributed by atoms with Gasteiger partial charge in [-0.05, 0) is 42.3 Å². The number of ether oxygens (including phenoxy) is 2. The molecule has 0 spiro atoms. The second-order valence-electron chi connectivity index (χ2n) is 6.70. The van der Waals surface area contributed by atoms with Crippen LogP contribution >= 0.6 is 0 Å². The summed E-state index contributed by atoms with van der Waals surface area (Å²) in [5, 5.41) is 11.1. The van der Waals surface area contributed by atoms with Gasteiger partial charge in [-0.3, -0.25) is 5.10 Å². The number of nitrogens with one attached hydrogen (secondary N) is 1. The Balaban J connectivity index is 1.74. The van der Waals surface area contributed by atoms with Crippen LogP contribution in [0.3, 0.4) is 0 Å². The summed E-state index contributed by atoms with van der Waals surface area (Å²) in [7, 11) is 3.00. The molecule has 0 fully saturated rings. The molecule has 4 aromatic rings. The average Bonchev–Trinajstić information content (AvgIpc) is 3.36. The van der Waals surface area contributed by atoms with Gasteiger partial charge in [0.05, 0.1) is 32.6 Å². The van der Waals surface area contributed by atoms with Crippen molar-refractivity contribution in [3.05, 3.63) is 76.5 Å². The van der Waals surface area contributed by atoms with Gasteiger partial charge >= 0.3 is 5.69 Å². The Hall–Kier alpha value is -3.88. The molecule has 2 aromatic heterocycles. The molecule has 0 unspecified atom stereocenters. The summed E-state index contributed by atoms with van der Waals surface area (Å²) in [5.41, 5.74) is 2.58. The average molecular weight is 409 g/mol. The Kier molecular flexibility index (Phi) is 5.09. The number of methoxy groups -OCH3 is 2. The van der Waals surface area contributed by atoms with Crippen molar-refractivity contribution in [3.8, 4) is 28.3 Å². The number of nitrogens with zero attached hydrogens (tertiary/aromatic N) is 4. The SMILES string of the molecule is COc1cc(F)cc(Cn2nc(C)n(-c3ccc(-c4cn[nH]c4)cc3OC)c2=O)c1. The van der Waals surface area contributed by atoms with E-state index in [2.05, 4.69) is 15.3 Å². The molecule has 30 heavy (non-hydrogen) atoms. The van der Waals surface area contributed by atoms with Crippen LogP contribution in [0.25, 0.3) is 16.8 Å². The van der Waals surface area contributed by atoms with E-state index in [4.69, 9.17) is 9.47 Å². The van der Waals surface area contributed by atoms with Crippen LogP contribution in [0.1, 0.15) is 11.4 Å². The molecule has 154 valence electrons. The summed E-state index contributed by atoms with van der Waals surface area (Å²) in [6.07, 6.45) is 3.48. The third-order valence-corrected chi connectivity index (χ3v) is 4.75. The number of aromatic nitrogens is 5. The van der Waals surface area contributed by atoms with Crippen molar-refractivity contribution in [3.63, 3.8) is 0 Å². The molecule has 4 rings (SSSR count). The van der Waals surface area contributed by atoms with Crippen LogP contribution in [0.2, 0.25) is 0 Å². The van der Waals surface area contributed by atoms with Crippen molar-refractivity contribution in [1.29, 1.82) is 0 Å². The van der Waals surface area contributed by atoms with Crippen molar-refractivity contribution in [2.24, 2.45) is 0 Å². The van der Waals surface area contributed by atoms with Crippen LogP contribution in [0.5, 0.6) is 11.5 Å². The summed E-state index contributed by atoms with van der Waals surface area (Å²) >= 11 is 0. The molecular weight excluding hydrogens is 389 g/mol. The first-order valence-corrected chi connectivity index (χ1v) is 9.17.